The van der Waals surface area contributed by atoms with E-state index in [0.29, 0.717) is 5.33 Å². The van der Waals surface area contributed by atoms with E-state index in [-0.39, 0.29) is 5.78 Å². The smallest absolute Gasteiger partial charge is 0.173 e. The number of hydrogen-bond donors (Lipinski definition) is 0. The van der Waals surface area contributed by atoms with E-state index in [9.17, 15) is 4.79 Å². The topological polar surface area (TPSA) is 30.0 Å². The average molecular weight is 300 g/mol. The van der Waals surface area contributed by atoms with E-state index in [1.165, 1.54) is 0 Å². The van der Waals surface area contributed by atoms with Crippen LogP contribution in [0.15, 0.2) is 48.5 Å². The molecule has 2 aromatic carbocycles. The van der Waals surface area contributed by atoms with Crippen LogP contribution >= 0.6 is 15.9 Å². The van der Waals surface area contributed by atoms with Crippen LogP contribution in [-0.4, -0.2) is 16.1 Å². The second kappa shape index (κ2) is 4.50. The molecule has 0 radical (unpaired) electrons. The summed E-state index contributed by atoms with van der Waals surface area (Å²) in [6.45, 7) is 0. The lowest BCUT2D eigenvalue weighted by atomic mass is 10.1. The Morgan fingerprint density at radius 2 is 1.78 bits per heavy atom. The van der Waals surface area contributed by atoms with Gasteiger partial charge in [-0.1, -0.05) is 34.1 Å². The summed E-state index contributed by atoms with van der Waals surface area (Å²) in [5.41, 5.74) is 2.61. The highest BCUT2D eigenvalue weighted by Crippen LogP contribution is 2.21. The first-order chi connectivity index (χ1) is 8.78. The van der Waals surface area contributed by atoms with Gasteiger partial charge in [0, 0.05) is 16.3 Å². The first-order valence-corrected chi connectivity index (χ1v) is 6.79. The summed E-state index contributed by atoms with van der Waals surface area (Å²) < 4.78 is 0. The molecule has 0 aliphatic rings. The third kappa shape index (κ3) is 1.91. The molecule has 0 fully saturated rings. The van der Waals surface area contributed by atoms with Gasteiger partial charge in [-0.05, 0) is 30.3 Å². The van der Waals surface area contributed by atoms with Crippen molar-refractivity contribution in [3.63, 3.8) is 0 Å². The van der Waals surface area contributed by atoms with Crippen LogP contribution in [-0.2, 0) is 0 Å². The van der Waals surface area contributed by atoms with Crippen LogP contribution in [0.5, 0.6) is 0 Å². The molecule has 1 aromatic heterocycles. The number of Topliss-reactive ketones (excluding diaryl/α,β-unsaturated/α-hetero) is 1. The number of carbonyl (C=O) groups is 1. The molecule has 0 spiro atoms. The van der Waals surface area contributed by atoms with Gasteiger partial charge in [0.2, 0.25) is 0 Å². The van der Waals surface area contributed by atoms with E-state index in [1.54, 1.807) is 0 Å². The monoisotopic (exact) mass is 299 g/mol. The summed E-state index contributed by atoms with van der Waals surface area (Å²) in [7, 11) is 0. The zero-order chi connectivity index (χ0) is 12.5. The highest BCUT2D eigenvalue weighted by atomic mass is 79.9. The molecule has 3 aromatic rings. The number of hydrogen-bond acceptors (Lipinski definition) is 2. The average Bonchev–Trinajstić information content (AvgIpc) is 2.43. The molecule has 3 rings (SSSR count). The molecule has 0 unspecified atom stereocenters. The zero-order valence-corrected chi connectivity index (χ0v) is 11.1. The van der Waals surface area contributed by atoms with Crippen molar-refractivity contribution in [3.05, 3.63) is 54.1 Å². The van der Waals surface area contributed by atoms with Crippen molar-refractivity contribution in [3.8, 4) is 0 Å². The molecule has 0 atom stereocenters. The third-order valence-electron chi connectivity index (χ3n) is 2.96. The highest BCUT2D eigenvalue weighted by molar-refractivity contribution is 9.09. The number of carbonyl (C=O) groups excluding carboxylic acids is 1. The van der Waals surface area contributed by atoms with E-state index in [2.05, 4.69) is 27.0 Å². The fraction of sp³-hybridized carbons (Fsp3) is 0.0667. The highest BCUT2D eigenvalue weighted by Gasteiger charge is 2.06. The molecular formula is C15H10BrNO. The molecule has 0 aliphatic heterocycles. The lowest BCUT2D eigenvalue weighted by Crippen LogP contribution is -1.99. The van der Waals surface area contributed by atoms with E-state index in [4.69, 9.17) is 0 Å². The molecular weight excluding hydrogens is 290 g/mol. The number of ketones is 1. The van der Waals surface area contributed by atoms with E-state index >= 15 is 0 Å². The summed E-state index contributed by atoms with van der Waals surface area (Å²) in [6.07, 6.45) is 0. The van der Waals surface area contributed by atoms with Crippen LogP contribution in [0.3, 0.4) is 0 Å². The summed E-state index contributed by atoms with van der Waals surface area (Å²) in [5.74, 6) is 0.0880. The largest absolute Gasteiger partial charge is 0.293 e. The standard InChI is InChI=1S/C15H10BrNO/c16-9-15(18)11-5-6-14-12(8-11)7-10-3-1-2-4-13(10)17-14/h1-8H,9H2. The number of para-hydroxylation sites is 1. The molecule has 0 bridgehead atoms. The van der Waals surface area contributed by atoms with Crippen molar-refractivity contribution in [2.24, 2.45) is 0 Å². The summed E-state index contributed by atoms with van der Waals surface area (Å²) in [5, 5.41) is 2.44. The molecule has 0 amide bonds. The summed E-state index contributed by atoms with van der Waals surface area (Å²) >= 11 is 3.19. The molecule has 0 saturated heterocycles. The van der Waals surface area contributed by atoms with Crippen molar-refractivity contribution in [1.82, 2.24) is 4.98 Å². The van der Waals surface area contributed by atoms with Crippen LogP contribution in [0.1, 0.15) is 10.4 Å². The minimum atomic E-state index is 0.0880. The van der Waals surface area contributed by atoms with Crippen LogP contribution < -0.4 is 0 Å². The maximum atomic E-state index is 11.7. The zero-order valence-electron chi connectivity index (χ0n) is 9.56. The molecule has 18 heavy (non-hydrogen) atoms. The van der Waals surface area contributed by atoms with Crippen molar-refractivity contribution in [1.29, 1.82) is 0 Å². The Labute approximate surface area is 113 Å². The van der Waals surface area contributed by atoms with Gasteiger partial charge in [0.05, 0.1) is 16.4 Å². The summed E-state index contributed by atoms with van der Waals surface area (Å²) in [4.78, 5) is 16.2. The van der Waals surface area contributed by atoms with Crippen molar-refractivity contribution < 1.29 is 4.79 Å². The number of pyridine rings is 1. The minimum absolute atomic E-state index is 0.0880. The Balaban J connectivity index is 2.27. The van der Waals surface area contributed by atoms with Crippen LogP contribution in [0.2, 0.25) is 0 Å². The minimum Gasteiger partial charge on any atom is -0.293 e. The fourth-order valence-corrected chi connectivity index (χ4v) is 2.35. The van der Waals surface area contributed by atoms with Gasteiger partial charge in [-0.2, -0.15) is 0 Å². The number of aromatic nitrogens is 1. The molecule has 0 aliphatic carbocycles. The number of fused-ring (bicyclic) bond motifs is 2. The van der Waals surface area contributed by atoms with Gasteiger partial charge in [0.25, 0.3) is 0 Å². The molecule has 0 N–H and O–H groups in total. The van der Waals surface area contributed by atoms with Crippen LogP contribution in [0.4, 0.5) is 0 Å². The first kappa shape index (κ1) is 11.4. The predicted octanol–water partition coefficient (Wildman–Crippen LogP) is 3.97. The molecule has 88 valence electrons. The second-order valence-electron chi connectivity index (χ2n) is 4.15. The lowest BCUT2D eigenvalue weighted by molar-refractivity contribution is 0.102. The number of halogens is 1. The van der Waals surface area contributed by atoms with E-state index in [1.807, 2.05) is 42.5 Å². The maximum absolute atomic E-state index is 11.7. The molecule has 0 saturated carbocycles. The van der Waals surface area contributed by atoms with Gasteiger partial charge in [-0.15, -0.1) is 0 Å². The van der Waals surface area contributed by atoms with Crippen molar-refractivity contribution in [2.75, 3.05) is 5.33 Å². The summed E-state index contributed by atoms with van der Waals surface area (Å²) in [6, 6.07) is 15.7. The number of rotatable bonds is 2. The Kier molecular flexibility index (Phi) is 2.84. The lowest BCUT2D eigenvalue weighted by Gasteiger charge is -2.03. The van der Waals surface area contributed by atoms with Gasteiger partial charge in [0.15, 0.2) is 5.78 Å². The van der Waals surface area contributed by atoms with E-state index < -0.39 is 0 Å². The van der Waals surface area contributed by atoms with Gasteiger partial charge < -0.3 is 0 Å². The fourth-order valence-electron chi connectivity index (χ4n) is 2.03. The SMILES string of the molecule is O=C(CBr)c1ccc2nc3ccccc3cc2c1. The Morgan fingerprint density at radius 3 is 2.61 bits per heavy atom. The van der Waals surface area contributed by atoms with Gasteiger partial charge in [-0.3, -0.25) is 4.79 Å². The Hall–Kier alpha value is -1.74. The van der Waals surface area contributed by atoms with Gasteiger partial charge in [0.1, 0.15) is 0 Å². The normalized spacial score (nSPS) is 10.9. The molecule has 1 heterocycles. The Morgan fingerprint density at radius 1 is 1.00 bits per heavy atom. The van der Waals surface area contributed by atoms with Crippen molar-refractivity contribution in [2.45, 2.75) is 0 Å². The van der Waals surface area contributed by atoms with Gasteiger partial charge >= 0.3 is 0 Å². The number of alkyl halides is 1. The first-order valence-electron chi connectivity index (χ1n) is 5.66. The third-order valence-corrected chi connectivity index (χ3v) is 3.47. The number of nitrogens with zero attached hydrogens (tertiary/aromatic N) is 1. The van der Waals surface area contributed by atoms with Gasteiger partial charge in [-0.25, -0.2) is 4.98 Å². The maximum Gasteiger partial charge on any atom is 0.173 e. The predicted molar refractivity (Wildman–Crippen MR) is 77.4 cm³/mol. The van der Waals surface area contributed by atoms with Crippen LogP contribution in [0, 0.1) is 0 Å². The second-order valence-corrected chi connectivity index (χ2v) is 4.71. The quantitative estimate of drug-likeness (QED) is 0.407. The number of benzene rings is 2. The van der Waals surface area contributed by atoms with Crippen LogP contribution in [0.25, 0.3) is 21.8 Å². The molecule has 3 heteroatoms. The van der Waals surface area contributed by atoms with E-state index in [0.717, 1.165) is 27.4 Å². The van der Waals surface area contributed by atoms with Crippen molar-refractivity contribution >= 4 is 43.5 Å². The molecule has 2 nitrogen and oxygen atoms in total. The Bertz CT molecular complexity index is 752.